The number of sulfonamides is 2. The molecule has 0 aromatic heterocycles. The van der Waals surface area contributed by atoms with Crippen molar-refractivity contribution in [2.45, 2.75) is 40.5 Å². The highest BCUT2D eigenvalue weighted by molar-refractivity contribution is 7.98. The summed E-state index contributed by atoms with van der Waals surface area (Å²) in [6, 6.07) is -2.59. The lowest BCUT2D eigenvalue weighted by Crippen LogP contribution is -2.72. The number of hydrogen-bond donors (Lipinski definition) is 0. The van der Waals surface area contributed by atoms with Gasteiger partial charge in [0, 0.05) is 0 Å². The summed E-state index contributed by atoms with van der Waals surface area (Å²) in [6.07, 6.45) is -36.4. The Morgan fingerprint density at radius 3 is 1.26 bits per heavy atom. The van der Waals surface area contributed by atoms with Gasteiger partial charge < -0.3 is 0 Å². The predicted octanol–water partition coefficient (Wildman–Crippen LogP) is 4.95. The van der Waals surface area contributed by atoms with E-state index >= 15 is 0 Å². The molecule has 0 fully saturated rings. The third-order valence-corrected chi connectivity index (χ3v) is 8.19. The number of benzene rings is 1. The third kappa shape index (κ3) is 4.74. The second-order valence-corrected chi connectivity index (χ2v) is 9.90. The van der Waals surface area contributed by atoms with Crippen molar-refractivity contribution in [3.05, 3.63) is 34.2 Å². The molecule has 1 rings (SSSR count). The smallest absolute Gasteiger partial charge is 0.168 e. The molecule has 0 aliphatic rings. The molecule has 6 nitrogen and oxygen atoms in total. The van der Waals surface area contributed by atoms with Crippen molar-refractivity contribution in [3.8, 4) is 0 Å². The fourth-order valence-electron chi connectivity index (χ4n) is 2.39. The topological polar surface area (TPSA) is 88.4 Å². The summed E-state index contributed by atoms with van der Waals surface area (Å²) in [5, 5.41) is 0. The molecule has 1 aromatic rings. The van der Waals surface area contributed by atoms with Gasteiger partial charge in [-0.3, -0.25) is 0 Å². The average Bonchev–Trinajstić information content (AvgIpc) is 2.54. The Morgan fingerprint density at radius 1 is 0.600 bits per heavy atom. The number of nitrogens with zero attached hydrogens (tertiary/aromatic N) is 1. The summed E-state index contributed by atoms with van der Waals surface area (Å²) in [5.41, 5.74) is -5.42. The largest absolute Gasteiger partial charge is 0.459 e. The van der Waals surface area contributed by atoms with Crippen LogP contribution in [0.1, 0.15) is 11.1 Å². The van der Waals surface area contributed by atoms with Gasteiger partial charge in [0.1, 0.15) is 0 Å². The summed E-state index contributed by atoms with van der Waals surface area (Å²) in [5.74, 6) is 0. The highest BCUT2D eigenvalue weighted by atomic mass is 32.3. The highest BCUT2D eigenvalue weighted by Gasteiger charge is 2.96. The molecule has 23 heteroatoms. The monoisotopic (exact) mass is 590 g/mol. The number of halogens is 15. The molecule has 0 N–H and O–H groups in total. The van der Waals surface area contributed by atoms with Gasteiger partial charge in [0.15, 0.2) is 4.90 Å². The van der Waals surface area contributed by atoms with Crippen LogP contribution < -0.4 is 0 Å². The fraction of sp³-hybridized carbons (Fsp3) is 0.500. The molecule has 0 bridgehead atoms. The van der Waals surface area contributed by atoms with E-state index in [4.69, 9.17) is 0 Å². The number of nitroso groups, excluding NO2 is 1. The van der Waals surface area contributed by atoms with E-state index in [2.05, 4.69) is 0 Å². The number of hydrogen-bond acceptors (Lipinski definition) is 5. The van der Waals surface area contributed by atoms with E-state index in [1.807, 2.05) is 0 Å². The molecule has 202 valence electrons. The third-order valence-electron chi connectivity index (χ3n) is 3.87. The van der Waals surface area contributed by atoms with Gasteiger partial charge in [-0.2, -0.15) is 82.7 Å². The molecule has 35 heavy (non-hydrogen) atoms. The molecule has 0 atom stereocenters. The highest BCUT2D eigenvalue weighted by Crippen LogP contribution is 2.58. The van der Waals surface area contributed by atoms with E-state index in [0.717, 1.165) is 0 Å². The molecule has 0 spiro atoms. The fourth-order valence-corrected chi connectivity index (χ4v) is 6.00. The maximum atomic E-state index is 13.0. The predicted molar refractivity (Wildman–Crippen MR) is 77.1 cm³/mol. The van der Waals surface area contributed by atoms with Crippen LogP contribution in [0.5, 0.6) is 0 Å². The minimum Gasteiger partial charge on any atom is -0.168 e. The van der Waals surface area contributed by atoms with E-state index in [9.17, 15) is 87.6 Å². The van der Waals surface area contributed by atoms with Crippen LogP contribution in [-0.4, -0.2) is 43.7 Å². The molecule has 0 aliphatic heterocycles. The first-order valence-electron chi connectivity index (χ1n) is 7.45. The van der Waals surface area contributed by atoms with E-state index in [0.29, 0.717) is 0 Å². The molecular formula is C12H3F15NO5S2+. The number of alkyl halides is 15. The Bertz CT molecular complexity index is 1180. The molecule has 0 saturated heterocycles. The minimum absolute atomic E-state index is 0.545. The Balaban J connectivity index is 4.22. The summed E-state index contributed by atoms with van der Waals surface area (Å²) in [4.78, 5) is 8.50. The van der Waals surface area contributed by atoms with Gasteiger partial charge in [-0.05, 0) is 18.2 Å². The van der Waals surface area contributed by atoms with Crippen LogP contribution in [0.15, 0.2) is 23.1 Å². The Morgan fingerprint density at radius 2 is 0.971 bits per heavy atom. The lowest BCUT2D eigenvalue weighted by molar-refractivity contribution is -0.360. The zero-order chi connectivity index (χ0) is 28.4. The summed E-state index contributed by atoms with van der Waals surface area (Å²) in [6.45, 7) is 0. The van der Waals surface area contributed by atoms with Crippen LogP contribution in [0, 0.1) is 4.91 Å². The second-order valence-electron chi connectivity index (χ2n) is 6.05. The van der Waals surface area contributed by atoms with Crippen LogP contribution in [-0.2, 0) is 32.4 Å². The molecule has 0 amide bonds. The molecule has 1 aromatic carbocycles. The van der Waals surface area contributed by atoms with E-state index in [-0.39, 0.29) is 0 Å². The lowest BCUT2D eigenvalue weighted by atomic mass is 10.1. The van der Waals surface area contributed by atoms with Crippen molar-refractivity contribution in [2.24, 2.45) is 0 Å². The van der Waals surface area contributed by atoms with E-state index in [1.165, 1.54) is 0 Å². The summed E-state index contributed by atoms with van der Waals surface area (Å²) < 4.78 is 230. The molecule has 0 unspecified atom stereocenters. The van der Waals surface area contributed by atoms with Gasteiger partial charge in [0.05, 0.1) is 16.0 Å². The van der Waals surface area contributed by atoms with Crippen LogP contribution in [0.2, 0.25) is 0 Å². The molecule has 0 heterocycles. The minimum atomic E-state index is -8.99. The first-order chi connectivity index (χ1) is 15.0. The quantitative estimate of drug-likeness (QED) is 0.366. The average molecular weight is 590 g/mol. The molecule has 0 aliphatic carbocycles. The van der Waals surface area contributed by atoms with Crippen molar-refractivity contribution in [3.63, 3.8) is 0 Å². The van der Waals surface area contributed by atoms with Crippen LogP contribution >= 0.6 is 0 Å². The van der Waals surface area contributed by atoms with Crippen LogP contribution in [0.25, 0.3) is 0 Å². The maximum absolute atomic E-state index is 13.0. The van der Waals surface area contributed by atoms with Gasteiger partial charge in [-0.25, -0.2) is 0 Å². The zero-order valence-corrected chi connectivity index (χ0v) is 16.8. The zero-order valence-electron chi connectivity index (χ0n) is 15.2. The van der Waals surface area contributed by atoms with Crippen LogP contribution in [0.4, 0.5) is 65.9 Å². The SMILES string of the molecule is O=[N+](S(=O)(=O)c1cc(C(F)(F)F)ccc1C(F)(F)F)S(=O)(=O)C(C(F)(F)F)(C(F)(F)F)C(F)(F)F. The maximum Gasteiger partial charge on any atom is 0.459 e. The van der Waals surface area contributed by atoms with E-state index in [1.54, 1.807) is 0 Å². The standard InChI is InChI=1S/C12H3F15NO5S2/c13-7(14,15)4-1-2-5(8(16,17)18)6(3-4)34(30,31)28(29)35(32,33)9(10(19,20)21,11(22,23)24)12(25,26)27/h1-3H/q+1. The van der Waals surface area contributed by atoms with Crippen molar-refractivity contribution in [2.75, 3.05) is 0 Å². The Labute approximate surface area is 182 Å². The van der Waals surface area contributed by atoms with Crippen LogP contribution in [0.3, 0.4) is 0 Å². The summed E-state index contributed by atoms with van der Waals surface area (Å²) >= 11 is 0. The van der Waals surface area contributed by atoms with E-state index < -0.39 is 93.5 Å². The Hall–Kier alpha value is -2.33. The number of rotatable bonds is 4. The lowest BCUT2D eigenvalue weighted by Gasteiger charge is -2.33. The van der Waals surface area contributed by atoms with Crippen molar-refractivity contribution < 1.29 is 86.3 Å². The first kappa shape index (κ1) is 30.7. The second kappa shape index (κ2) is 8.09. The molecule has 0 saturated carbocycles. The van der Waals surface area contributed by atoms with Gasteiger partial charge in [0.25, 0.3) is 0 Å². The van der Waals surface area contributed by atoms with Crippen molar-refractivity contribution in [1.82, 2.24) is 0 Å². The normalized spacial score (nSPS) is 15.3. The Kier molecular flexibility index (Phi) is 7.10. The first-order valence-corrected chi connectivity index (χ1v) is 10.3. The molecular weight excluding hydrogens is 587 g/mol. The van der Waals surface area contributed by atoms with Gasteiger partial charge >= 0.3 is 55.7 Å². The van der Waals surface area contributed by atoms with Crippen molar-refractivity contribution in [1.29, 1.82) is 0 Å². The van der Waals surface area contributed by atoms with Crippen molar-refractivity contribution >= 4 is 20.0 Å². The van der Waals surface area contributed by atoms with Gasteiger partial charge in [-0.15, -0.1) is 0 Å². The summed E-state index contributed by atoms with van der Waals surface area (Å²) in [7, 11) is -16.7. The van der Waals surface area contributed by atoms with Gasteiger partial charge in [0.2, 0.25) is 3.57 Å². The van der Waals surface area contributed by atoms with Gasteiger partial charge in [-0.1, -0.05) is 0 Å². The molecule has 0 radical (unpaired) electrons.